The molecule has 1 aromatic carbocycles. The average Bonchev–Trinajstić information content (AvgIpc) is 2.01. The quantitative estimate of drug-likeness (QED) is 0.616. The molecule has 1 heteroatoms. The highest BCUT2D eigenvalue weighted by molar-refractivity contribution is 5.86. The molecule has 0 bridgehead atoms. The van der Waals surface area contributed by atoms with Crippen LogP contribution in [0.2, 0.25) is 0 Å². The summed E-state index contributed by atoms with van der Waals surface area (Å²) in [5.41, 5.74) is 2.60. The van der Waals surface area contributed by atoms with Crippen LogP contribution >= 0.6 is 0 Å². The van der Waals surface area contributed by atoms with Crippen LogP contribution in [0, 0.1) is 6.92 Å². The third-order valence-electron chi connectivity index (χ3n) is 2.50. The molecular weight excluding hydrogens is 148 g/mol. The van der Waals surface area contributed by atoms with Gasteiger partial charge in [-0.05, 0) is 18.4 Å². The lowest BCUT2D eigenvalue weighted by Gasteiger charge is -2.24. The Morgan fingerprint density at radius 2 is 1.75 bits per heavy atom. The number of benzene rings is 1. The summed E-state index contributed by atoms with van der Waals surface area (Å²) in [6.45, 7) is 2.08. The smallest absolute Gasteiger partial charge is 0.134 e. The third kappa shape index (κ3) is 1.27. The van der Waals surface area contributed by atoms with Crippen molar-refractivity contribution in [3.63, 3.8) is 0 Å². The molecule has 1 aliphatic rings. The Morgan fingerprint density at radius 1 is 1.17 bits per heavy atom. The summed E-state index contributed by atoms with van der Waals surface area (Å²) in [7, 11) is 0. The maximum atomic E-state index is 10.7. The van der Waals surface area contributed by atoms with Crippen molar-refractivity contribution >= 4 is 5.78 Å². The summed E-state index contributed by atoms with van der Waals surface area (Å²) in [5.74, 6) is 0.915. The Bertz CT molecular complexity index is 289. The van der Waals surface area contributed by atoms with Crippen LogP contribution in [0.4, 0.5) is 0 Å². The molecular formula is C11H12O. The highest BCUT2D eigenvalue weighted by atomic mass is 16.1. The van der Waals surface area contributed by atoms with E-state index in [2.05, 4.69) is 31.2 Å². The van der Waals surface area contributed by atoms with Gasteiger partial charge in [0.1, 0.15) is 5.78 Å². The van der Waals surface area contributed by atoms with E-state index in [4.69, 9.17) is 0 Å². The van der Waals surface area contributed by atoms with Crippen LogP contribution in [-0.2, 0) is 4.79 Å². The average molecular weight is 160 g/mol. The fourth-order valence-corrected chi connectivity index (χ4v) is 1.56. The van der Waals surface area contributed by atoms with Gasteiger partial charge in [0.25, 0.3) is 0 Å². The summed E-state index contributed by atoms with van der Waals surface area (Å²) >= 11 is 0. The maximum Gasteiger partial charge on any atom is 0.134 e. The first-order valence-corrected chi connectivity index (χ1v) is 4.34. The van der Waals surface area contributed by atoms with Crippen molar-refractivity contribution in [3.8, 4) is 0 Å². The van der Waals surface area contributed by atoms with Crippen LogP contribution in [0.1, 0.15) is 29.9 Å². The molecule has 1 fully saturated rings. The Kier molecular flexibility index (Phi) is 1.72. The molecule has 0 heterocycles. The maximum absolute atomic E-state index is 10.7. The molecule has 0 aliphatic heterocycles. The predicted octanol–water partition coefficient (Wildman–Crippen LogP) is 2.44. The summed E-state index contributed by atoms with van der Waals surface area (Å²) in [4.78, 5) is 10.7. The van der Waals surface area contributed by atoms with Crippen LogP contribution in [-0.4, -0.2) is 5.78 Å². The van der Waals surface area contributed by atoms with Gasteiger partial charge in [0.15, 0.2) is 0 Å². The van der Waals surface area contributed by atoms with E-state index < -0.39 is 0 Å². The van der Waals surface area contributed by atoms with Crippen molar-refractivity contribution in [1.29, 1.82) is 0 Å². The lowest BCUT2D eigenvalue weighted by Crippen LogP contribution is -2.20. The first-order chi connectivity index (χ1) is 5.75. The van der Waals surface area contributed by atoms with Gasteiger partial charge in [-0.2, -0.15) is 0 Å². The van der Waals surface area contributed by atoms with Crippen LogP contribution < -0.4 is 0 Å². The normalized spacial score (nSPS) is 17.6. The molecule has 1 saturated carbocycles. The van der Waals surface area contributed by atoms with Gasteiger partial charge in [0.2, 0.25) is 0 Å². The van der Waals surface area contributed by atoms with Gasteiger partial charge in [-0.3, -0.25) is 4.79 Å². The molecule has 0 saturated heterocycles. The van der Waals surface area contributed by atoms with Gasteiger partial charge in [-0.25, -0.2) is 0 Å². The van der Waals surface area contributed by atoms with E-state index >= 15 is 0 Å². The Labute approximate surface area is 72.4 Å². The number of hydrogen-bond acceptors (Lipinski definition) is 1. The fourth-order valence-electron chi connectivity index (χ4n) is 1.56. The Morgan fingerprint density at radius 3 is 2.25 bits per heavy atom. The van der Waals surface area contributed by atoms with E-state index in [9.17, 15) is 4.79 Å². The van der Waals surface area contributed by atoms with Gasteiger partial charge in [0, 0.05) is 12.8 Å². The Hall–Kier alpha value is -1.11. The summed E-state index contributed by atoms with van der Waals surface area (Å²) < 4.78 is 0. The molecule has 12 heavy (non-hydrogen) atoms. The number of carbonyl (C=O) groups excluding carboxylic acids is 1. The molecule has 0 radical (unpaired) electrons. The lowest BCUT2D eigenvalue weighted by atomic mass is 9.79. The number of ketones is 1. The first-order valence-electron chi connectivity index (χ1n) is 4.34. The largest absolute Gasteiger partial charge is 0.300 e. The van der Waals surface area contributed by atoms with Crippen molar-refractivity contribution in [1.82, 2.24) is 0 Å². The molecule has 0 N–H and O–H groups in total. The van der Waals surface area contributed by atoms with E-state index in [-0.39, 0.29) is 0 Å². The lowest BCUT2D eigenvalue weighted by molar-refractivity contribution is -0.124. The molecule has 1 nitrogen and oxygen atoms in total. The molecule has 1 aromatic rings. The van der Waals surface area contributed by atoms with Crippen LogP contribution in [0.5, 0.6) is 0 Å². The van der Waals surface area contributed by atoms with Gasteiger partial charge in [-0.1, -0.05) is 29.8 Å². The fraction of sp³-hybridized carbons (Fsp3) is 0.364. The molecule has 0 atom stereocenters. The van der Waals surface area contributed by atoms with Crippen molar-refractivity contribution in [3.05, 3.63) is 35.4 Å². The SMILES string of the molecule is Cc1ccc(C2CC(=O)C2)cc1. The summed E-state index contributed by atoms with van der Waals surface area (Å²) in [6, 6.07) is 8.48. The zero-order valence-corrected chi connectivity index (χ0v) is 7.21. The predicted molar refractivity (Wildman–Crippen MR) is 48.2 cm³/mol. The van der Waals surface area contributed by atoms with Crippen molar-refractivity contribution in [2.24, 2.45) is 0 Å². The highest BCUT2D eigenvalue weighted by Gasteiger charge is 2.27. The first kappa shape index (κ1) is 7.53. The molecule has 0 spiro atoms. The number of carbonyl (C=O) groups is 1. The number of aryl methyl sites for hydroxylation is 1. The summed E-state index contributed by atoms with van der Waals surface area (Å²) in [5, 5.41) is 0. The molecule has 0 aromatic heterocycles. The third-order valence-corrected chi connectivity index (χ3v) is 2.50. The molecule has 62 valence electrons. The molecule has 0 amide bonds. The van der Waals surface area contributed by atoms with Crippen LogP contribution in [0.3, 0.4) is 0 Å². The van der Waals surface area contributed by atoms with Gasteiger partial charge < -0.3 is 0 Å². The Balaban J connectivity index is 2.14. The molecule has 0 unspecified atom stereocenters. The zero-order chi connectivity index (χ0) is 8.55. The van der Waals surface area contributed by atoms with E-state index in [1.165, 1.54) is 11.1 Å². The molecule has 2 rings (SSSR count). The van der Waals surface area contributed by atoms with Crippen molar-refractivity contribution in [2.45, 2.75) is 25.7 Å². The van der Waals surface area contributed by atoms with Gasteiger partial charge in [-0.15, -0.1) is 0 Å². The van der Waals surface area contributed by atoms with Crippen molar-refractivity contribution in [2.75, 3.05) is 0 Å². The second-order valence-corrected chi connectivity index (χ2v) is 3.55. The highest BCUT2D eigenvalue weighted by Crippen LogP contribution is 2.33. The second kappa shape index (κ2) is 2.74. The van der Waals surface area contributed by atoms with E-state index in [1.807, 2.05) is 0 Å². The summed E-state index contributed by atoms with van der Waals surface area (Å²) in [6.07, 6.45) is 1.51. The monoisotopic (exact) mass is 160 g/mol. The minimum atomic E-state index is 0.403. The van der Waals surface area contributed by atoms with E-state index in [1.54, 1.807) is 0 Å². The molecule has 1 aliphatic carbocycles. The minimum absolute atomic E-state index is 0.403. The standard InChI is InChI=1S/C11H12O/c1-8-2-4-9(5-3-8)10-6-11(12)7-10/h2-5,10H,6-7H2,1H3. The van der Waals surface area contributed by atoms with Gasteiger partial charge in [0.05, 0.1) is 0 Å². The van der Waals surface area contributed by atoms with E-state index in [0.717, 1.165) is 12.8 Å². The van der Waals surface area contributed by atoms with Crippen LogP contribution in [0.15, 0.2) is 24.3 Å². The van der Waals surface area contributed by atoms with E-state index in [0.29, 0.717) is 11.7 Å². The number of rotatable bonds is 1. The van der Waals surface area contributed by atoms with Crippen LogP contribution in [0.25, 0.3) is 0 Å². The van der Waals surface area contributed by atoms with Gasteiger partial charge >= 0.3 is 0 Å². The second-order valence-electron chi connectivity index (χ2n) is 3.55. The minimum Gasteiger partial charge on any atom is -0.300 e. The number of hydrogen-bond donors (Lipinski definition) is 0. The number of Topliss-reactive ketones (excluding diaryl/α,β-unsaturated/α-hetero) is 1. The topological polar surface area (TPSA) is 17.1 Å². The zero-order valence-electron chi connectivity index (χ0n) is 7.21. The van der Waals surface area contributed by atoms with Crippen molar-refractivity contribution < 1.29 is 4.79 Å².